The molecule has 2 aliphatic rings. The van der Waals surface area contributed by atoms with E-state index in [4.69, 9.17) is 4.74 Å². The van der Waals surface area contributed by atoms with Crippen molar-refractivity contribution in [2.45, 2.75) is 24.6 Å². The molecule has 0 aromatic rings. The Morgan fingerprint density at radius 3 is 2.57 bits per heavy atom. The quantitative estimate of drug-likeness (QED) is 0.717. The lowest BCUT2D eigenvalue weighted by molar-refractivity contribution is -0.0657. The lowest BCUT2D eigenvalue weighted by Crippen LogP contribution is -2.59. The highest BCUT2D eigenvalue weighted by Crippen LogP contribution is 2.20. The number of nitrogens with zero attached hydrogens (tertiary/aromatic N) is 1. The molecule has 2 heterocycles. The van der Waals surface area contributed by atoms with Crippen LogP contribution in [0.2, 0.25) is 0 Å². The van der Waals surface area contributed by atoms with Crippen molar-refractivity contribution in [3.63, 3.8) is 0 Å². The molecular weight excluding hydrogens is 183 g/mol. The Hall–Kier alpha value is -0.190. The number of ether oxygens (including phenoxy) is 1. The molecule has 2 saturated heterocycles. The zero-order valence-corrected chi connectivity index (χ0v) is 8.76. The topological polar surface area (TPSA) is 24.5 Å². The molecule has 82 valence electrons. The van der Waals surface area contributed by atoms with Gasteiger partial charge in [-0.1, -0.05) is 0 Å². The summed E-state index contributed by atoms with van der Waals surface area (Å²) in [5.41, 5.74) is -1.08. The van der Waals surface area contributed by atoms with Crippen LogP contribution in [0.5, 0.6) is 0 Å². The number of rotatable bonds is 3. The highest BCUT2D eigenvalue weighted by atomic mass is 19.1. The summed E-state index contributed by atoms with van der Waals surface area (Å²) in [5, 5.41) is 2.93. The Morgan fingerprint density at radius 2 is 2.07 bits per heavy atom. The van der Waals surface area contributed by atoms with E-state index in [1.807, 2.05) is 0 Å². The maximum Gasteiger partial charge on any atom is 0.158 e. The summed E-state index contributed by atoms with van der Waals surface area (Å²) in [7, 11) is 2.11. The fraction of sp³-hybridized carbons (Fsp3) is 1.00. The lowest BCUT2D eigenvalue weighted by Gasteiger charge is -2.37. The van der Waals surface area contributed by atoms with E-state index in [1.165, 1.54) is 0 Å². The fourth-order valence-corrected chi connectivity index (χ4v) is 1.92. The molecular formula is C10H19FN2O. The van der Waals surface area contributed by atoms with E-state index in [0.29, 0.717) is 13.1 Å². The summed E-state index contributed by atoms with van der Waals surface area (Å²) in [5.74, 6) is 0. The van der Waals surface area contributed by atoms with Crippen LogP contribution in [0.15, 0.2) is 0 Å². The standard InChI is InChI=1S/C10H19FN2O/c1-13-4-2-9(3-5-13)14-8-10(11)6-12-7-10/h9,12H,2-8H2,1H3. The summed E-state index contributed by atoms with van der Waals surface area (Å²) < 4.78 is 19.1. The van der Waals surface area contributed by atoms with Crippen molar-refractivity contribution in [3.8, 4) is 0 Å². The molecule has 0 spiro atoms. The summed E-state index contributed by atoms with van der Waals surface area (Å²) in [4.78, 5) is 2.29. The molecule has 0 aliphatic carbocycles. The zero-order chi connectivity index (χ0) is 10.0. The van der Waals surface area contributed by atoms with E-state index in [1.54, 1.807) is 0 Å². The van der Waals surface area contributed by atoms with Crippen molar-refractivity contribution in [2.24, 2.45) is 0 Å². The second-order valence-electron chi connectivity index (χ2n) is 4.57. The van der Waals surface area contributed by atoms with Crippen molar-refractivity contribution in [2.75, 3.05) is 39.8 Å². The Labute approximate surface area is 84.6 Å². The normalized spacial score (nSPS) is 28.7. The van der Waals surface area contributed by atoms with Gasteiger partial charge in [0.15, 0.2) is 5.67 Å². The van der Waals surface area contributed by atoms with Crippen molar-refractivity contribution in [1.29, 1.82) is 0 Å². The molecule has 14 heavy (non-hydrogen) atoms. The molecule has 0 saturated carbocycles. The van der Waals surface area contributed by atoms with Crippen LogP contribution >= 0.6 is 0 Å². The van der Waals surface area contributed by atoms with Gasteiger partial charge in [0.1, 0.15) is 0 Å². The van der Waals surface area contributed by atoms with E-state index in [9.17, 15) is 4.39 Å². The average Bonchev–Trinajstić information content (AvgIpc) is 2.14. The largest absolute Gasteiger partial charge is 0.375 e. The van der Waals surface area contributed by atoms with E-state index in [2.05, 4.69) is 17.3 Å². The van der Waals surface area contributed by atoms with E-state index in [0.717, 1.165) is 25.9 Å². The minimum atomic E-state index is -1.08. The van der Waals surface area contributed by atoms with Gasteiger partial charge in [-0.3, -0.25) is 0 Å². The predicted octanol–water partition coefficient (Wildman–Crippen LogP) is 0.409. The number of alkyl halides is 1. The predicted molar refractivity (Wildman–Crippen MR) is 53.2 cm³/mol. The Bertz CT molecular complexity index is 189. The Kier molecular flexibility index (Phi) is 3.04. The minimum Gasteiger partial charge on any atom is -0.375 e. The van der Waals surface area contributed by atoms with Crippen LogP contribution in [0.1, 0.15) is 12.8 Å². The third-order valence-corrected chi connectivity index (χ3v) is 3.13. The van der Waals surface area contributed by atoms with Gasteiger partial charge >= 0.3 is 0 Å². The highest BCUT2D eigenvalue weighted by molar-refractivity contribution is 4.93. The van der Waals surface area contributed by atoms with Crippen LogP contribution in [-0.4, -0.2) is 56.5 Å². The first-order chi connectivity index (χ1) is 6.68. The number of likely N-dealkylation sites (tertiary alicyclic amines) is 1. The first-order valence-electron chi connectivity index (χ1n) is 5.38. The maximum absolute atomic E-state index is 13.5. The minimum absolute atomic E-state index is 0.272. The van der Waals surface area contributed by atoms with E-state index < -0.39 is 5.67 Å². The SMILES string of the molecule is CN1CCC(OCC2(F)CNC2)CC1. The second-order valence-corrected chi connectivity index (χ2v) is 4.57. The molecule has 1 N–H and O–H groups in total. The fourth-order valence-electron chi connectivity index (χ4n) is 1.92. The van der Waals surface area contributed by atoms with Gasteiger partial charge in [0, 0.05) is 26.2 Å². The zero-order valence-electron chi connectivity index (χ0n) is 8.76. The number of halogens is 1. The van der Waals surface area contributed by atoms with Crippen LogP contribution in [0.4, 0.5) is 4.39 Å². The van der Waals surface area contributed by atoms with Gasteiger partial charge in [-0.15, -0.1) is 0 Å². The second kappa shape index (κ2) is 4.13. The molecule has 0 amide bonds. The monoisotopic (exact) mass is 202 g/mol. The van der Waals surface area contributed by atoms with Crippen LogP contribution in [-0.2, 0) is 4.74 Å². The van der Waals surface area contributed by atoms with Crippen molar-refractivity contribution in [1.82, 2.24) is 10.2 Å². The van der Waals surface area contributed by atoms with Crippen molar-refractivity contribution < 1.29 is 9.13 Å². The molecule has 2 rings (SSSR count). The van der Waals surface area contributed by atoms with Crippen LogP contribution in [0, 0.1) is 0 Å². The summed E-state index contributed by atoms with van der Waals surface area (Å²) in [6.07, 6.45) is 2.36. The molecule has 2 aliphatic heterocycles. The van der Waals surface area contributed by atoms with Crippen LogP contribution < -0.4 is 5.32 Å². The number of piperidine rings is 1. The maximum atomic E-state index is 13.5. The molecule has 0 radical (unpaired) electrons. The number of hydrogen-bond acceptors (Lipinski definition) is 3. The third-order valence-electron chi connectivity index (χ3n) is 3.13. The smallest absolute Gasteiger partial charge is 0.158 e. The first kappa shape index (κ1) is 10.3. The molecule has 0 unspecified atom stereocenters. The Balaban J connectivity index is 1.65. The highest BCUT2D eigenvalue weighted by Gasteiger charge is 2.38. The average molecular weight is 202 g/mol. The summed E-state index contributed by atoms with van der Waals surface area (Å²) >= 11 is 0. The van der Waals surface area contributed by atoms with Gasteiger partial charge in [-0.2, -0.15) is 0 Å². The first-order valence-corrected chi connectivity index (χ1v) is 5.38. The van der Waals surface area contributed by atoms with Gasteiger partial charge in [-0.25, -0.2) is 4.39 Å². The van der Waals surface area contributed by atoms with Gasteiger partial charge < -0.3 is 15.0 Å². The molecule has 4 heteroatoms. The van der Waals surface area contributed by atoms with Gasteiger partial charge in [0.25, 0.3) is 0 Å². The molecule has 0 aromatic carbocycles. The van der Waals surface area contributed by atoms with Gasteiger partial charge in [0.05, 0.1) is 12.7 Å². The number of hydrogen-bond donors (Lipinski definition) is 1. The molecule has 0 aromatic heterocycles. The van der Waals surface area contributed by atoms with Crippen LogP contribution in [0.25, 0.3) is 0 Å². The van der Waals surface area contributed by atoms with Gasteiger partial charge in [-0.05, 0) is 19.9 Å². The molecule has 3 nitrogen and oxygen atoms in total. The third kappa shape index (κ3) is 2.43. The molecule has 0 atom stereocenters. The van der Waals surface area contributed by atoms with Crippen molar-refractivity contribution >= 4 is 0 Å². The van der Waals surface area contributed by atoms with Crippen molar-refractivity contribution in [3.05, 3.63) is 0 Å². The molecule has 2 fully saturated rings. The van der Waals surface area contributed by atoms with Crippen LogP contribution in [0.3, 0.4) is 0 Å². The Morgan fingerprint density at radius 1 is 1.43 bits per heavy atom. The number of nitrogens with one attached hydrogen (secondary N) is 1. The molecule has 0 bridgehead atoms. The summed E-state index contributed by atoms with van der Waals surface area (Å²) in [6.45, 7) is 3.33. The van der Waals surface area contributed by atoms with E-state index >= 15 is 0 Å². The van der Waals surface area contributed by atoms with Gasteiger partial charge in [0.2, 0.25) is 0 Å². The lowest BCUT2D eigenvalue weighted by atomic mass is 10.0. The summed E-state index contributed by atoms with van der Waals surface area (Å²) in [6, 6.07) is 0. The van der Waals surface area contributed by atoms with E-state index in [-0.39, 0.29) is 12.7 Å².